The van der Waals surface area contributed by atoms with Gasteiger partial charge in [0.1, 0.15) is 5.82 Å². The SMILES string of the molecule is O=C(CN1CCN(C(=O)Nc2cccc(Cl)c2)CC1)c1ccc(F)cc1. The maximum Gasteiger partial charge on any atom is 0.321 e. The number of nitrogens with zero attached hydrogens (tertiary/aromatic N) is 2. The summed E-state index contributed by atoms with van der Waals surface area (Å²) < 4.78 is 12.9. The van der Waals surface area contributed by atoms with Crippen molar-refractivity contribution in [1.82, 2.24) is 9.80 Å². The highest BCUT2D eigenvalue weighted by Crippen LogP contribution is 2.16. The summed E-state index contributed by atoms with van der Waals surface area (Å²) in [4.78, 5) is 28.3. The van der Waals surface area contributed by atoms with Crippen molar-refractivity contribution in [1.29, 1.82) is 0 Å². The largest absolute Gasteiger partial charge is 0.322 e. The van der Waals surface area contributed by atoms with Crippen LogP contribution in [0.15, 0.2) is 48.5 Å². The third-order valence-electron chi connectivity index (χ3n) is 4.27. The molecular weight excluding hydrogens is 357 g/mol. The Bertz CT molecular complexity index is 790. The van der Waals surface area contributed by atoms with Gasteiger partial charge in [-0.15, -0.1) is 0 Å². The molecule has 0 radical (unpaired) electrons. The average Bonchev–Trinajstić information content (AvgIpc) is 2.63. The molecule has 0 aromatic heterocycles. The molecule has 1 heterocycles. The number of Topliss-reactive ketones (excluding diaryl/α,β-unsaturated/α-hetero) is 1. The van der Waals surface area contributed by atoms with Crippen molar-refractivity contribution in [2.75, 3.05) is 38.0 Å². The Labute approximate surface area is 156 Å². The zero-order valence-corrected chi connectivity index (χ0v) is 14.9. The van der Waals surface area contributed by atoms with E-state index in [2.05, 4.69) is 5.32 Å². The Balaban J connectivity index is 1.48. The summed E-state index contributed by atoms with van der Waals surface area (Å²) in [6.45, 7) is 2.54. The molecule has 5 nitrogen and oxygen atoms in total. The molecule has 3 rings (SSSR count). The van der Waals surface area contributed by atoms with E-state index in [1.54, 1.807) is 29.2 Å². The Morgan fingerprint density at radius 3 is 2.38 bits per heavy atom. The maximum absolute atomic E-state index is 12.9. The van der Waals surface area contributed by atoms with Gasteiger partial charge in [-0.05, 0) is 42.5 Å². The quantitative estimate of drug-likeness (QED) is 0.832. The first-order valence-electron chi connectivity index (χ1n) is 8.34. The molecule has 7 heteroatoms. The third-order valence-corrected chi connectivity index (χ3v) is 4.50. The molecule has 1 N–H and O–H groups in total. The second-order valence-corrected chi connectivity index (χ2v) is 6.57. The van der Waals surface area contributed by atoms with Gasteiger partial charge in [0.2, 0.25) is 0 Å². The average molecular weight is 376 g/mol. The molecule has 1 saturated heterocycles. The van der Waals surface area contributed by atoms with E-state index in [1.165, 1.54) is 24.3 Å². The van der Waals surface area contributed by atoms with Crippen LogP contribution in [0.25, 0.3) is 0 Å². The molecule has 1 aliphatic rings. The van der Waals surface area contributed by atoms with Gasteiger partial charge < -0.3 is 10.2 Å². The Hall–Kier alpha value is -2.44. The van der Waals surface area contributed by atoms with E-state index >= 15 is 0 Å². The van der Waals surface area contributed by atoms with Crippen LogP contribution < -0.4 is 5.32 Å². The van der Waals surface area contributed by atoms with Crippen molar-refractivity contribution in [3.8, 4) is 0 Å². The molecule has 0 atom stereocenters. The number of piperazine rings is 1. The Kier molecular flexibility index (Phi) is 5.85. The predicted molar refractivity (Wildman–Crippen MR) is 99.2 cm³/mol. The van der Waals surface area contributed by atoms with Crippen LogP contribution in [-0.4, -0.2) is 54.3 Å². The molecule has 2 aromatic carbocycles. The third kappa shape index (κ3) is 4.80. The molecule has 136 valence electrons. The minimum absolute atomic E-state index is 0.0539. The van der Waals surface area contributed by atoms with Gasteiger partial charge >= 0.3 is 6.03 Å². The van der Waals surface area contributed by atoms with Gasteiger partial charge in [-0.2, -0.15) is 0 Å². The summed E-state index contributed by atoms with van der Waals surface area (Å²) in [6.07, 6.45) is 0. The van der Waals surface area contributed by atoms with Gasteiger partial charge in [-0.3, -0.25) is 9.69 Å². The monoisotopic (exact) mass is 375 g/mol. The first kappa shape index (κ1) is 18.4. The number of benzene rings is 2. The van der Waals surface area contributed by atoms with Gasteiger partial charge in [0.25, 0.3) is 0 Å². The second-order valence-electron chi connectivity index (χ2n) is 6.13. The molecule has 0 aliphatic carbocycles. The molecule has 2 aromatic rings. The maximum atomic E-state index is 12.9. The first-order chi connectivity index (χ1) is 12.5. The van der Waals surface area contributed by atoms with Crippen LogP contribution in [0, 0.1) is 5.82 Å². The first-order valence-corrected chi connectivity index (χ1v) is 8.72. The highest BCUT2D eigenvalue weighted by molar-refractivity contribution is 6.30. The fourth-order valence-electron chi connectivity index (χ4n) is 2.81. The van der Waals surface area contributed by atoms with Gasteiger partial charge in [-0.1, -0.05) is 17.7 Å². The van der Waals surface area contributed by atoms with E-state index < -0.39 is 0 Å². The number of halogens is 2. The van der Waals surface area contributed by atoms with Crippen LogP contribution in [0.5, 0.6) is 0 Å². The number of urea groups is 1. The van der Waals surface area contributed by atoms with E-state index in [-0.39, 0.29) is 24.2 Å². The molecule has 2 amide bonds. The number of ketones is 1. The van der Waals surface area contributed by atoms with E-state index in [0.29, 0.717) is 42.5 Å². The highest BCUT2D eigenvalue weighted by Gasteiger charge is 2.22. The summed E-state index contributed by atoms with van der Waals surface area (Å²) in [5.41, 5.74) is 1.14. The summed E-state index contributed by atoms with van der Waals surface area (Å²) in [5, 5.41) is 3.38. The van der Waals surface area contributed by atoms with Gasteiger partial charge in [0.15, 0.2) is 5.78 Å². The topological polar surface area (TPSA) is 52.7 Å². The van der Waals surface area contributed by atoms with Crippen LogP contribution in [0.3, 0.4) is 0 Å². The molecule has 1 fully saturated rings. The molecule has 0 saturated carbocycles. The van der Waals surface area contributed by atoms with E-state index in [0.717, 1.165) is 0 Å². The lowest BCUT2D eigenvalue weighted by Gasteiger charge is -2.34. The lowest BCUT2D eigenvalue weighted by Crippen LogP contribution is -2.51. The van der Waals surface area contributed by atoms with Crippen molar-refractivity contribution in [2.45, 2.75) is 0 Å². The van der Waals surface area contributed by atoms with Crippen molar-refractivity contribution >= 4 is 29.1 Å². The number of carbonyl (C=O) groups is 2. The van der Waals surface area contributed by atoms with E-state index in [9.17, 15) is 14.0 Å². The van der Waals surface area contributed by atoms with Crippen LogP contribution in [-0.2, 0) is 0 Å². The van der Waals surface area contributed by atoms with Gasteiger partial charge in [0.05, 0.1) is 6.54 Å². The minimum Gasteiger partial charge on any atom is -0.322 e. The van der Waals surface area contributed by atoms with Crippen molar-refractivity contribution in [3.63, 3.8) is 0 Å². The number of anilines is 1. The van der Waals surface area contributed by atoms with Gasteiger partial charge in [-0.25, -0.2) is 9.18 Å². The van der Waals surface area contributed by atoms with Crippen molar-refractivity contribution in [3.05, 3.63) is 64.9 Å². The standard InChI is InChI=1S/C19H19ClFN3O2/c20-15-2-1-3-17(12-15)22-19(26)24-10-8-23(9-11-24)13-18(25)14-4-6-16(21)7-5-14/h1-7,12H,8-11,13H2,(H,22,26). The van der Waals surface area contributed by atoms with Crippen molar-refractivity contribution < 1.29 is 14.0 Å². The van der Waals surface area contributed by atoms with E-state index in [4.69, 9.17) is 11.6 Å². The number of nitrogens with one attached hydrogen (secondary N) is 1. The van der Waals surface area contributed by atoms with Crippen LogP contribution in [0.1, 0.15) is 10.4 Å². The number of amides is 2. The molecular formula is C19H19ClFN3O2. The van der Waals surface area contributed by atoms with E-state index in [1.807, 2.05) is 4.90 Å². The molecule has 0 spiro atoms. The number of hydrogen-bond donors (Lipinski definition) is 1. The van der Waals surface area contributed by atoms with Crippen molar-refractivity contribution in [2.24, 2.45) is 0 Å². The number of rotatable bonds is 4. The lowest BCUT2D eigenvalue weighted by atomic mass is 10.1. The van der Waals surface area contributed by atoms with Gasteiger partial charge in [0, 0.05) is 42.5 Å². The smallest absolute Gasteiger partial charge is 0.321 e. The molecule has 1 aliphatic heterocycles. The fourth-order valence-corrected chi connectivity index (χ4v) is 3.00. The molecule has 0 unspecified atom stereocenters. The minimum atomic E-state index is -0.360. The van der Waals surface area contributed by atoms with Crippen LogP contribution >= 0.6 is 11.6 Å². The Morgan fingerprint density at radius 2 is 1.73 bits per heavy atom. The number of hydrogen-bond acceptors (Lipinski definition) is 3. The summed E-state index contributed by atoms with van der Waals surface area (Å²) >= 11 is 5.92. The Morgan fingerprint density at radius 1 is 1.04 bits per heavy atom. The fraction of sp³-hybridized carbons (Fsp3) is 0.263. The molecule has 26 heavy (non-hydrogen) atoms. The van der Waals surface area contributed by atoms with Crippen LogP contribution in [0.2, 0.25) is 5.02 Å². The zero-order valence-electron chi connectivity index (χ0n) is 14.1. The normalized spacial score (nSPS) is 14.9. The van der Waals surface area contributed by atoms with Crippen LogP contribution in [0.4, 0.5) is 14.9 Å². The zero-order chi connectivity index (χ0) is 18.5. The number of carbonyl (C=O) groups excluding carboxylic acids is 2. The second kappa shape index (κ2) is 8.29. The highest BCUT2D eigenvalue weighted by atomic mass is 35.5. The predicted octanol–water partition coefficient (Wildman–Crippen LogP) is 3.51. The lowest BCUT2D eigenvalue weighted by molar-refractivity contribution is 0.0884. The summed E-state index contributed by atoms with van der Waals surface area (Å²) in [7, 11) is 0. The summed E-state index contributed by atoms with van der Waals surface area (Å²) in [5.74, 6) is -0.414. The molecule has 0 bridgehead atoms. The summed E-state index contributed by atoms with van der Waals surface area (Å²) in [6, 6.07) is 12.4.